The lowest BCUT2D eigenvalue weighted by molar-refractivity contribution is 0.0520. The summed E-state index contributed by atoms with van der Waals surface area (Å²) in [6, 6.07) is 8.46. The number of benzene rings is 1. The molecule has 2 rings (SSSR count). The molecule has 0 saturated carbocycles. The van der Waals surface area contributed by atoms with Crippen LogP contribution in [0, 0.1) is 0 Å². The highest BCUT2D eigenvalue weighted by atomic mass is 32.1. The van der Waals surface area contributed by atoms with Crippen LogP contribution in [0.3, 0.4) is 0 Å². The molecular weight excluding hydrogens is 280 g/mol. The Kier molecular flexibility index (Phi) is 4.61. The summed E-state index contributed by atoms with van der Waals surface area (Å²) in [6.07, 6.45) is 0. The standard InChI is InChI=1S/C12H12N4O3S/c1-2-19-11(17)9-10(20-16-15-9)14-12(18)13-8-6-4-3-5-7-8/h3-7H,2H2,1H3,(H2,13,14,18). The number of esters is 1. The first-order chi connectivity index (χ1) is 9.70. The summed E-state index contributed by atoms with van der Waals surface area (Å²) in [5.74, 6) is -0.615. The minimum atomic E-state index is -0.615. The van der Waals surface area contributed by atoms with Crippen molar-refractivity contribution < 1.29 is 14.3 Å². The minimum Gasteiger partial charge on any atom is -0.461 e. The van der Waals surface area contributed by atoms with E-state index in [0.717, 1.165) is 11.5 Å². The highest BCUT2D eigenvalue weighted by molar-refractivity contribution is 7.10. The van der Waals surface area contributed by atoms with Crippen molar-refractivity contribution in [1.82, 2.24) is 9.59 Å². The second-order valence-corrected chi connectivity index (χ2v) is 4.37. The molecule has 20 heavy (non-hydrogen) atoms. The number of hydrogen-bond donors (Lipinski definition) is 2. The Morgan fingerprint density at radius 1 is 1.25 bits per heavy atom. The van der Waals surface area contributed by atoms with E-state index in [1.807, 2.05) is 6.07 Å². The Balaban J connectivity index is 2.02. The number of rotatable bonds is 4. The molecule has 0 aliphatic carbocycles. The van der Waals surface area contributed by atoms with Crippen molar-refractivity contribution in [2.24, 2.45) is 0 Å². The van der Waals surface area contributed by atoms with Crippen molar-refractivity contribution in [1.29, 1.82) is 0 Å². The van der Waals surface area contributed by atoms with Crippen LogP contribution in [0.5, 0.6) is 0 Å². The molecular formula is C12H12N4O3S. The third kappa shape index (κ3) is 3.51. The molecule has 0 atom stereocenters. The van der Waals surface area contributed by atoms with Gasteiger partial charge in [0.1, 0.15) is 0 Å². The zero-order chi connectivity index (χ0) is 14.4. The van der Waals surface area contributed by atoms with Crippen LogP contribution in [-0.4, -0.2) is 28.2 Å². The molecule has 2 aromatic rings. The third-order valence-electron chi connectivity index (χ3n) is 2.22. The monoisotopic (exact) mass is 292 g/mol. The quantitative estimate of drug-likeness (QED) is 0.844. The maximum atomic E-state index is 11.8. The van der Waals surface area contributed by atoms with E-state index in [4.69, 9.17) is 4.74 Å². The van der Waals surface area contributed by atoms with Crippen LogP contribution >= 0.6 is 11.5 Å². The van der Waals surface area contributed by atoms with Gasteiger partial charge in [0.05, 0.1) is 6.61 Å². The van der Waals surface area contributed by atoms with Crippen molar-refractivity contribution in [2.75, 3.05) is 17.2 Å². The summed E-state index contributed by atoms with van der Waals surface area (Å²) in [7, 11) is 0. The highest BCUT2D eigenvalue weighted by Gasteiger charge is 2.19. The normalized spacial score (nSPS) is 9.85. The van der Waals surface area contributed by atoms with Gasteiger partial charge in [0.15, 0.2) is 5.00 Å². The molecule has 0 spiro atoms. The number of aromatic nitrogens is 2. The summed E-state index contributed by atoms with van der Waals surface area (Å²) >= 11 is 0.909. The topological polar surface area (TPSA) is 93.2 Å². The zero-order valence-corrected chi connectivity index (χ0v) is 11.4. The second kappa shape index (κ2) is 6.62. The van der Waals surface area contributed by atoms with E-state index in [-0.39, 0.29) is 17.3 Å². The maximum absolute atomic E-state index is 11.8. The molecule has 1 aromatic carbocycles. The number of carbonyl (C=O) groups excluding carboxylic acids is 2. The van der Waals surface area contributed by atoms with Gasteiger partial charge in [0, 0.05) is 17.2 Å². The largest absolute Gasteiger partial charge is 0.461 e. The van der Waals surface area contributed by atoms with Crippen molar-refractivity contribution >= 4 is 34.2 Å². The van der Waals surface area contributed by atoms with Crippen molar-refractivity contribution in [2.45, 2.75) is 6.92 Å². The van der Waals surface area contributed by atoms with E-state index in [1.54, 1.807) is 31.2 Å². The van der Waals surface area contributed by atoms with Crippen LogP contribution in [-0.2, 0) is 4.74 Å². The van der Waals surface area contributed by atoms with Gasteiger partial charge in [-0.2, -0.15) is 0 Å². The van der Waals surface area contributed by atoms with Gasteiger partial charge < -0.3 is 10.1 Å². The highest BCUT2D eigenvalue weighted by Crippen LogP contribution is 2.19. The molecule has 1 aromatic heterocycles. The van der Waals surface area contributed by atoms with E-state index in [2.05, 4.69) is 20.2 Å². The van der Waals surface area contributed by atoms with E-state index >= 15 is 0 Å². The van der Waals surface area contributed by atoms with Gasteiger partial charge in [-0.1, -0.05) is 22.7 Å². The number of ether oxygens (including phenoxy) is 1. The molecule has 0 unspecified atom stereocenters. The second-order valence-electron chi connectivity index (χ2n) is 3.62. The summed E-state index contributed by atoms with van der Waals surface area (Å²) < 4.78 is 8.45. The first-order valence-electron chi connectivity index (χ1n) is 5.83. The molecule has 0 aliphatic heterocycles. The third-order valence-corrected chi connectivity index (χ3v) is 2.86. The zero-order valence-electron chi connectivity index (χ0n) is 10.6. The molecule has 8 heteroatoms. The number of carbonyl (C=O) groups is 2. The van der Waals surface area contributed by atoms with E-state index in [9.17, 15) is 9.59 Å². The molecule has 7 nitrogen and oxygen atoms in total. The number of nitrogens with zero attached hydrogens (tertiary/aromatic N) is 2. The smallest absolute Gasteiger partial charge is 0.362 e. The van der Waals surface area contributed by atoms with Gasteiger partial charge in [-0.25, -0.2) is 9.59 Å². The van der Waals surface area contributed by atoms with Gasteiger partial charge in [0.25, 0.3) is 0 Å². The SMILES string of the molecule is CCOC(=O)c1nnsc1NC(=O)Nc1ccccc1. The molecule has 2 amide bonds. The molecule has 0 radical (unpaired) electrons. The first-order valence-corrected chi connectivity index (χ1v) is 6.60. The predicted octanol–water partition coefficient (Wildman–Crippen LogP) is 2.36. The maximum Gasteiger partial charge on any atom is 0.362 e. The fourth-order valence-electron chi connectivity index (χ4n) is 1.39. The number of para-hydroxylation sites is 1. The fraction of sp³-hybridized carbons (Fsp3) is 0.167. The minimum absolute atomic E-state index is 0.0000571. The van der Waals surface area contributed by atoms with Crippen LogP contribution in [0.4, 0.5) is 15.5 Å². The van der Waals surface area contributed by atoms with Crippen molar-refractivity contribution in [3.05, 3.63) is 36.0 Å². The van der Waals surface area contributed by atoms with Gasteiger partial charge >= 0.3 is 12.0 Å². The summed E-state index contributed by atoms with van der Waals surface area (Å²) in [4.78, 5) is 23.4. The Labute approximate surface area is 119 Å². The Hall–Kier alpha value is -2.48. The predicted molar refractivity (Wildman–Crippen MR) is 74.9 cm³/mol. The van der Waals surface area contributed by atoms with Crippen LogP contribution in [0.25, 0.3) is 0 Å². The lowest BCUT2D eigenvalue weighted by Crippen LogP contribution is -2.20. The number of amides is 2. The van der Waals surface area contributed by atoms with Crippen LogP contribution in [0.1, 0.15) is 17.4 Å². The van der Waals surface area contributed by atoms with Crippen LogP contribution in [0.15, 0.2) is 30.3 Å². The van der Waals surface area contributed by atoms with Gasteiger partial charge in [-0.3, -0.25) is 5.32 Å². The average Bonchev–Trinajstić information content (AvgIpc) is 2.88. The summed E-state index contributed by atoms with van der Waals surface area (Å²) in [6.45, 7) is 1.92. The van der Waals surface area contributed by atoms with Gasteiger partial charge in [0.2, 0.25) is 5.69 Å². The molecule has 2 N–H and O–H groups in total. The van der Waals surface area contributed by atoms with E-state index < -0.39 is 12.0 Å². The van der Waals surface area contributed by atoms with Crippen LogP contribution in [0.2, 0.25) is 0 Å². The molecule has 0 aliphatic rings. The number of nitrogens with one attached hydrogen (secondary N) is 2. The summed E-state index contributed by atoms with van der Waals surface area (Å²) in [5, 5.41) is 9.04. The summed E-state index contributed by atoms with van der Waals surface area (Å²) in [5.41, 5.74) is 0.639. The number of hydrogen-bond acceptors (Lipinski definition) is 6. The lowest BCUT2D eigenvalue weighted by Gasteiger charge is -2.06. The van der Waals surface area contributed by atoms with Crippen molar-refractivity contribution in [3.8, 4) is 0 Å². The number of anilines is 2. The van der Waals surface area contributed by atoms with Crippen LogP contribution < -0.4 is 10.6 Å². The molecule has 104 valence electrons. The average molecular weight is 292 g/mol. The Bertz CT molecular complexity index is 600. The molecule has 0 saturated heterocycles. The van der Waals surface area contributed by atoms with Crippen molar-refractivity contribution in [3.63, 3.8) is 0 Å². The van der Waals surface area contributed by atoms with E-state index in [0.29, 0.717) is 5.69 Å². The molecule has 0 bridgehead atoms. The molecule has 1 heterocycles. The molecule has 0 fully saturated rings. The lowest BCUT2D eigenvalue weighted by atomic mass is 10.3. The number of urea groups is 1. The first kappa shape index (κ1) is 13.9. The fourth-order valence-corrected chi connectivity index (χ4v) is 1.95. The Morgan fingerprint density at radius 2 is 2.00 bits per heavy atom. The Morgan fingerprint density at radius 3 is 2.70 bits per heavy atom. The van der Waals surface area contributed by atoms with E-state index in [1.165, 1.54) is 0 Å². The van der Waals surface area contributed by atoms with Gasteiger partial charge in [-0.05, 0) is 19.1 Å². The van der Waals surface area contributed by atoms with Gasteiger partial charge in [-0.15, -0.1) is 5.10 Å².